The first kappa shape index (κ1) is 23.0. The fraction of sp³-hybridized carbons (Fsp3) is 0.808. The third-order valence-corrected chi connectivity index (χ3v) is 6.28. The topological polar surface area (TPSA) is 26.3 Å². The Morgan fingerprint density at radius 1 is 0.929 bits per heavy atom. The highest BCUT2D eigenvalue weighted by molar-refractivity contribution is 5.84. The lowest BCUT2D eigenvalue weighted by Crippen LogP contribution is -2.27. The van der Waals surface area contributed by atoms with E-state index in [0.717, 1.165) is 55.8 Å². The van der Waals surface area contributed by atoms with Gasteiger partial charge in [-0.15, -0.1) is 17.8 Å². The smallest absolute Gasteiger partial charge is 0.163 e. The highest BCUT2D eigenvalue weighted by Gasteiger charge is 2.49. The van der Waals surface area contributed by atoms with Crippen LogP contribution in [-0.2, 0) is 9.53 Å². The molecule has 2 nitrogen and oxygen atoms in total. The van der Waals surface area contributed by atoms with Crippen LogP contribution < -0.4 is 0 Å². The Morgan fingerprint density at radius 3 is 2.14 bits per heavy atom. The van der Waals surface area contributed by atoms with Crippen LogP contribution in [0, 0.1) is 52.8 Å². The van der Waals surface area contributed by atoms with Gasteiger partial charge in [0.1, 0.15) is 12.7 Å². The van der Waals surface area contributed by atoms with Crippen molar-refractivity contribution in [1.82, 2.24) is 0 Å². The molecule has 156 valence electrons. The summed E-state index contributed by atoms with van der Waals surface area (Å²) in [7, 11) is 0. The van der Waals surface area contributed by atoms with Crippen molar-refractivity contribution in [2.24, 2.45) is 29.1 Å². The van der Waals surface area contributed by atoms with Crippen molar-refractivity contribution in [2.75, 3.05) is 6.61 Å². The molecule has 0 N–H and O–H groups in total. The van der Waals surface area contributed by atoms with E-state index >= 15 is 0 Å². The van der Waals surface area contributed by atoms with Crippen LogP contribution in [0.1, 0.15) is 92.4 Å². The van der Waals surface area contributed by atoms with E-state index in [9.17, 15) is 4.79 Å². The standard InChI is InChI=1S/C14H22O2.C12H18/c1-14(2,3)13(15)11-16-12-9-7-5-4-6-8-10-12;1-9(2)12-10-7-5-3-4-6-8-11(10)12/h12H,4-7,9,11H2,1-3H3;9-12H,5-8H2,1-2H3. The second kappa shape index (κ2) is 11.1. The minimum atomic E-state index is -0.310. The molecule has 0 aromatic rings. The highest BCUT2D eigenvalue weighted by atomic mass is 16.5. The number of ether oxygens (including phenoxy) is 1. The molecule has 0 saturated heterocycles. The Balaban J connectivity index is 0.000000207. The lowest BCUT2D eigenvalue weighted by molar-refractivity contribution is -0.132. The molecular formula is C26H40O2. The number of hydrogen-bond acceptors (Lipinski definition) is 2. The molecule has 3 aliphatic carbocycles. The number of carbonyl (C=O) groups excluding carboxylic acids is 1. The predicted molar refractivity (Wildman–Crippen MR) is 117 cm³/mol. The first-order valence-corrected chi connectivity index (χ1v) is 11.4. The summed E-state index contributed by atoms with van der Waals surface area (Å²) in [5, 5.41) is 0. The zero-order chi connectivity index (χ0) is 20.6. The average Bonchev–Trinajstić information content (AvgIpc) is 3.24. The molecule has 0 spiro atoms. The van der Waals surface area contributed by atoms with Crippen LogP contribution in [0.3, 0.4) is 0 Å². The summed E-state index contributed by atoms with van der Waals surface area (Å²) in [4.78, 5) is 11.7. The SMILES string of the molecule is CC(C)(C)C(=O)COC1C#CCCCCC1.CC(C)C1C2CCC#CCCC21. The number of hydrogen-bond donors (Lipinski definition) is 0. The number of Topliss-reactive ketones (excluding diaryl/α,β-unsaturated/α-hetero) is 1. The highest BCUT2D eigenvalue weighted by Crippen LogP contribution is 2.55. The van der Waals surface area contributed by atoms with Crippen molar-refractivity contribution in [2.45, 2.75) is 98.5 Å². The van der Waals surface area contributed by atoms with Gasteiger partial charge in [0.2, 0.25) is 0 Å². The normalized spacial score (nSPS) is 29.1. The van der Waals surface area contributed by atoms with Gasteiger partial charge in [0, 0.05) is 24.7 Å². The zero-order valence-corrected chi connectivity index (χ0v) is 18.8. The molecule has 3 atom stereocenters. The quantitative estimate of drug-likeness (QED) is 0.553. The molecule has 0 aromatic heterocycles. The van der Waals surface area contributed by atoms with Gasteiger partial charge in [0.15, 0.2) is 5.78 Å². The number of rotatable bonds is 4. The molecule has 3 unspecified atom stereocenters. The molecule has 0 radical (unpaired) electrons. The molecule has 3 rings (SSSR count). The van der Waals surface area contributed by atoms with Crippen molar-refractivity contribution >= 4 is 5.78 Å². The monoisotopic (exact) mass is 384 g/mol. The van der Waals surface area contributed by atoms with Gasteiger partial charge in [-0.1, -0.05) is 47.0 Å². The maximum Gasteiger partial charge on any atom is 0.163 e. The molecule has 0 heterocycles. The number of carbonyl (C=O) groups is 1. The van der Waals surface area contributed by atoms with Crippen molar-refractivity contribution < 1.29 is 9.53 Å². The van der Waals surface area contributed by atoms with Crippen LogP contribution in [0.4, 0.5) is 0 Å². The van der Waals surface area contributed by atoms with Gasteiger partial charge >= 0.3 is 0 Å². The van der Waals surface area contributed by atoms with Crippen LogP contribution >= 0.6 is 0 Å². The maximum atomic E-state index is 11.7. The van der Waals surface area contributed by atoms with Crippen molar-refractivity contribution in [3.8, 4) is 23.7 Å². The molecule has 0 aromatic carbocycles. The fourth-order valence-corrected chi connectivity index (χ4v) is 4.43. The minimum absolute atomic E-state index is 0.0356. The van der Waals surface area contributed by atoms with Crippen LogP contribution in [0.25, 0.3) is 0 Å². The summed E-state index contributed by atoms with van der Waals surface area (Å²) < 4.78 is 5.58. The molecular weight excluding hydrogens is 344 g/mol. The fourth-order valence-electron chi connectivity index (χ4n) is 4.43. The number of ketones is 1. The van der Waals surface area contributed by atoms with Gasteiger partial charge in [-0.05, 0) is 55.8 Å². The van der Waals surface area contributed by atoms with Gasteiger partial charge in [-0.2, -0.15) is 0 Å². The van der Waals surface area contributed by atoms with Crippen LogP contribution in [0.2, 0.25) is 0 Å². The third kappa shape index (κ3) is 7.64. The summed E-state index contributed by atoms with van der Waals surface area (Å²) in [6.07, 6.45) is 10.5. The van der Waals surface area contributed by atoms with Crippen LogP contribution in [-0.4, -0.2) is 18.5 Å². The average molecular weight is 385 g/mol. The van der Waals surface area contributed by atoms with Gasteiger partial charge in [-0.25, -0.2) is 0 Å². The first-order valence-electron chi connectivity index (χ1n) is 11.4. The predicted octanol–water partition coefficient (Wildman–Crippen LogP) is 6.04. The maximum absolute atomic E-state index is 11.7. The Kier molecular flexibility index (Phi) is 9.11. The lowest BCUT2D eigenvalue weighted by Gasteiger charge is -2.19. The van der Waals surface area contributed by atoms with E-state index in [1.54, 1.807) is 0 Å². The summed E-state index contributed by atoms with van der Waals surface area (Å²) in [6.45, 7) is 10.7. The zero-order valence-electron chi connectivity index (χ0n) is 18.8. The van der Waals surface area contributed by atoms with E-state index in [1.165, 1.54) is 25.7 Å². The van der Waals surface area contributed by atoms with E-state index in [1.807, 2.05) is 20.8 Å². The van der Waals surface area contributed by atoms with Gasteiger partial charge in [0.25, 0.3) is 0 Å². The first-order chi connectivity index (χ1) is 13.3. The number of fused-ring (bicyclic) bond motifs is 1. The van der Waals surface area contributed by atoms with E-state index in [-0.39, 0.29) is 23.9 Å². The Labute approximate surface area is 173 Å². The minimum Gasteiger partial charge on any atom is -0.358 e. The molecule has 0 aliphatic heterocycles. The summed E-state index contributed by atoms with van der Waals surface area (Å²) in [5.74, 6) is 16.9. The second-order valence-electron chi connectivity index (χ2n) is 9.97. The third-order valence-electron chi connectivity index (χ3n) is 6.28. The second-order valence-corrected chi connectivity index (χ2v) is 9.97. The summed E-state index contributed by atoms with van der Waals surface area (Å²) >= 11 is 0. The van der Waals surface area contributed by atoms with Crippen LogP contribution in [0.15, 0.2) is 0 Å². The summed E-state index contributed by atoms with van der Waals surface area (Å²) in [6, 6.07) is 0. The molecule has 1 fully saturated rings. The van der Waals surface area contributed by atoms with Crippen molar-refractivity contribution in [3.63, 3.8) is 0 Å². The van der Waals surface area contributed by atoms with E-state index in [2.05, 4.69) is 37.5 Å². The van der Waals surface area contributed by atoms with Crippen molar-refractivity contribution in [3.05, 3.63) is 0 Å². The molecule has 28 heavy (non-hydrogen) atoms. The Bertz CT molecular complexity index is 599. The van der Waals surface area contributed by atoms with E-state index in [4.69, 9.17) is 4.74 Å². The van der Waals surface area contributed by atoms with E-state index < -0.39 is 0 Å². The largest absolute Gasteiger partial charge is 0.358 e. The Morgan fingerprint density at radius 2 is 1.57 bits per heavy atom. The van der Waals surface area contributed by atoms with E-state index in [0.29, 0.717) is 0 Å². The van der Waals surface area contributed by atoms with Crippen LogP contribution in [0.5, 0.6) is 0 Å². The molecule has 2 heteroatoms. The lowest BCUT2D eigenvalue weighted by atomic mass is 9.91. The molecule has 3 aliphatic rings. The van der Waals surface area contributed by atoms with Gasteiger partial charge in [0.05, 0.1) is 0 Å². The van der Waals surface area contributed by atoms with Crippen molar-refractivity contribution in [1.29, 1.82) is 0 Å². The summed E-state index contributed by atoms with van der Waals surface area (Å²) in [5.41, 5.74) is -0.310. The molecule has 0 amide bonds. The molecule has 0 bridgehead atoms. The van der Waals surface area contributed by atoms with Gasteiger partial charge in [-0.3, -0.25) is 4.79 Å². The Hall–Kier alpha value is -1.25. The molecule has 1 saturated carbocycles. The van der Waals surface area contributed by atoms with Gasteiger partial charge < -0.3 is 4.74 Å².